The highest BCUT2D eigenvalue weighted by Gasteiger charge is 2.38. The molecule has 2 aromatic rings. The molecule has 0 aliphatic carbocycles. The average Bonchev–Trinajstić information content (AvgIpc) is 2.74. The van der Waals surface area contributed by atoms with Crippen LogP contribution in [0.15, 0.2) is 54.6 Å². The van der Waals surface area contributed by atoms with E-state index in [2.05, 4.69) is 10.2 Å². The minimum absolute atomic E-state index is 0.0865. The van der Waals surface area contributed by atoms with Crippen LogP contribution in [0.5, 0.6) is 0 Å². The molecule has 3 aliphatic rings. The summed E-state index contributed by atoms with van der Waals surface area (Å²) in [6, 6.07) is 15.8. The van der Waals surface area contributed by atoms with Crippen LogP contribution < -0.4 is 5.32 Å². The summed E-state index contributed by atoms with van der Waals surface area (Å²) in [6.07, 6.45) is 2.06. The van der Waals surface area contributed by atoms with Crippen LogP contribution >= 0.6 is 0 Å². The number of fused-ring (bicyclic) bond motifs is 3. The number of hydrogen-bond acceptors (Lipinski definition) is 4. The molecule has 0 aromatic heterocycles. The number of nitrogens with one attached hydrogen (secondary N) is 1. The SMILES string of the molecule is Cc1ccc(C(NC(=O)c2ccccc2)C(=O)OC2CN3CCC2CC3)cc1. The van der Waals surface area contributed by atoms with E-state index in [4.69, 9.17) is 4.74 Å². The maximum Gasteiger partial charge on any atom is 0.333 e. The fraction of sp³-hybridized carbons (Fsp3) is 0.391. The fourth-order valence-corrected chi connectivity index (χ4v) is 4.10. The van der Waals surface area contributed by atoms with Gasteiger partial charge in [-0.2, -0.15) is 0 Å². The molecule has 3 saturated heterocycles. The van der Waals surface area contributed by atoms with E-state index in [-0.39, 0.29) is 18.0 Å². The van der Waals surface area contributed by atoms with E-state index in [1.807, 2.05) is 37.3 Å². The smallest absolute Gasteiger partial charge is 0.333 e. The van der Waals surface area contributed by atoms with Gasteiger partial charge in [0.25, 0.3) is 5.91 Å². The standard InChI is InChI=1S/C23H26N2O3/c1-16-7-9-18(10-8-16)21(24-22(26)19-5-3-2-4-6-19)23(27)28-20-15-25-13-11-17(20)12-14-25/h2-10,17,20-21H,11-15H2,1H3,(H,24,26). The van der Waals surface area contributed by atoms with Gasteiger partial charge in [0.05, 0.1) is 0 Å². The molecule has 3 fully saturated rings. The molecular formula is C23H26N2O3. The maximum absolute atomic E-state index is 13.1. The van der Waals surface area contributed by atoms with Gasteiger partial charge >= 0.3 is 5.97 Å². The Bertz CT molecular complexity index is 827. The molecule has 1 N–H and O–H groups in total. The van der Waals surface area contributed by atoms with E-state index in [0.29, 0.717) is 11.5 Å². The van der Waals surface area contributed by atoms with Gasteiger partial charge in [0.1, 0.15) is 6.10 Å². The summed E-state index contributed by atoms with van der Waals surface area (Å²) in [4.78, 5) is 28.1. The average molecular weight is 378 g/mol. The van der Waals surface area contributed by atoms with Crippen molar-refractivity contribution in [1.82, 2.24) is 10.2 Å². The molecule has 0 spiro atoms. The maximum atomic E-state index is 13.1. The number of amides is 1. The lowest BCUT2D eigenvalue weighted by atomic mass is 9.86. The van der Waals surface area contributed by atoms with Crippen molar-refractivity contribution in [2.75, 3.05) is 19.6 Å². The van der Waals surface area contributed by atoms with Gasteiger partial charge < -0.3 is 10.1 Å². The van der Waals surface area contributed by atoms with Crippen molar-refractivity contribution in [1.29, 1.82) is 0 Å². The number of rotatable bonds is 5. The summed E-state index contributed by atoms with van der Waals surface area (Å²) in [5.74, 6) is -0.235. The van der Waals surface area contributed by atoms with Crippen LogP contribution in [-0.4, -0.2) is 42.5 Å². The summed E-state index contributed by atoms with van der Waals surface area (Å²) in [7, 11) is 0. The Balaban J connectivity index is 1.53. The normalized spacial score (nSPS) is 24.4. The minimum atomic E-state index is -0.816. The molecule has 2 bridgehead atoms. The Morgan fingerprint density at radius 3 is 2.32 bits per heavy atom. The number of benzene rings is 2. The third-order valence-electron chi connectivity index (χ3n) is 5.82. The van der Waals surface area contributed by atoms with Crippen LogP contribution in [0.2, 0.25) is 0 Å². The number of piperidine rings is 3. The molecule has 28 heavy (non-hydrogen) atoms. The Morgan fingerprint density at radius 1 is 1.04 bits per heavy atom. The Labute approximate surface area is 165 Å². The van der Waals surface area contributed by atoms with Gasteiger partial charge in [-0.25, -0.2) is 4.79 Å². The zero-order chi connectivity index (χ0) is 19.5. The molecule has 5 rings (SSSR count). The second kappa shape index (κ2) is 8.15. The van der Waals surface area contributed by atoms with Crippen LogP contribution in [0.25, 0.3) is 0 Å². The van der Waals surface area contributed by atoms with Gasteiger partial charge in [0, 0.05) is 12.1 Å². The summed E-state index contributed by atoms with van der Waals surface area (Å²) in [5.41, 5.74) is 2.36. The topological polar surface area (TPSA) is 58.6 Å². The summed E-state index contributed by atoms with van der Waals surface area (Å²) < 4.78 is 5.91. The molecule has 1 amide bonds. The lowest BCUT2D eigenvalue weighted by molar-refractivity contribution is -0.161. The van der Waals surface area contributed by atoms with Crippen LogP contribution in [0.3, 0.4) is 0 Å². The Morgan fingerprint density at radius 2 is 1.71 bits per heavy atom. The molecule has 0 saturated carbocycles. The van der Waals surface area contributed by atoms with Gasteiger partial charge in [-0.15, -0.1) is 0 Å². The van der Waals surface area contributed by atoms with Crippen molar-refractivity contribution in [3.05, 3.63) is 71.3 Å². The number of esters is 1. The molecule has 0 radical (unpaired) electrons. The minimum Gasteiger partial charge on any atom is -0.459 e. The van der Waals surface area contributed by atoms with Crippen molar-refractivity contribution >= 4 is 11.9 Å². The van der Waals surface area contributed by atoms with Crippen LogP contribution in [0, 0.1) is 12.8 Å². The zero-order valence-electron chi connectivity index (χ0n) is 16.1. The molecule has 2 aromatic carbocycles. The Kier molecular flexibility index (Phi) is 5.44. The first-order chi connectivity index (χ1) is 13.6. The monoisotopic (exact) mass is 378 g/mol. The summed E-state index contributed by atoms with van der Waals surface area (Å²) in [5, 5.41) is 2.88. The summed E-state index contributed by atoms with van der Waals surface area (Å²) in [6.45, 7) is 4.96. The van der Waals surface area contributed by atoms with Gasteiger partial charge in [0.15, 0.2) is 6.04 Å². The van der Waals surface area contributed by atoms with Crippen LogP contribution in [0.4, 0.5) is 0 Å². The summed E-state index contributed by atoms with van der Waals surface area (Å²) >= 11 is 0. The van der Waals surface area contributed by atoms with Gasteiger partial charge in [-0.3, -0.25) is 9.69 Å². The number of carbonyl (C=O) groups excluding carboxylic acids is 2. The van der Waals surface area contributed by atoms with E-state index in [1.54, 1.807) is 24.3 Å². The lowest BCUT2D eigenvalue weighted by Crippen LogP contribution is -2.52. The molecule has 2 atom stereocenters. The number of carbonyl (C=O) groups is 2. The largest absolute Gasteiger partial charge is 0.459 e. The van der Waals surface area contributed by atoms with E-state index < -0.39 is 6.04 Å². The first kappa shape index (κ1) is 18.7. The zero-order valence-corrected chi connectivity index (χ0v) is 16.1. The number of hydrogen-bond donors (Lipinski definition) is 1. The van der Waals surface area contributed by atoms with Crippen molar-refractivity contribution in [3.8, 4) is 0 Å². The second-order valence-electron chi connectivity index (χ2n) is 7.80. The molecule has 3 heterocycles. The highest BCUT2D eigenvalue weighted by molar-refractivity contribution is 5.97. The fourth-order valence-electron chi connectivity index (χ4n) is 4.10. The molecule has 5 nitrogen and oxygen atoms in total. The van der Waals surface area contributed by atoms with Crippen molar-refractivity contribution in [2.24, 2.45) is 5.92 Å². The van der Waals surface area contributed by atoms with Crippen LogP contribution in [0.1, 0.15) is 40.4 Å². The van der Waals surface area contributed by atoms with Gasteiger partial charge in [0.2, 0.25) is 0 Å². The lowest BCUT2D eigenvalue weighted by Gasteiger charge is -2.44. The molecule has 146 valence electrons. The van der Waals surface area contributed by atoms with E-state index in [9.17, 15) is 9.59 Å². The predicted molar refractivity (Wildman–Crippen MR) is 107 cm³/mol. The number of ether oxygens (including phenoxy) is 1. The third-order valence-corrected chi connectivity index (χ3v) is 5.82. The molecular weight excluding hydrogens is 352 g/mol. The van der Waals surface area contributed by atoms with Gasteiger partial charge in [-0.1, -0.05) is 48.0 Å². The molecule has 2 unspecified atom stereocenters. The van der Waals surface area contributed by atoms with Crippen LogP contribution in [-0.2, 0) is 9.53 Å². The highest BCUT2D eigenvalue weighted by atomic mass is 16.5. The predicted octanol–water partition coefficient (Wildman–Crippen LogP) is 3.10. The first-order valence-electron chi connectivity index (χ1n) is 9.95. The van der Waals surface area contributed by atoms with Gasteiger partial charge in [-0.05, 0) is 56.5 Å². The molecule has 3 aliphatic heterocycles. The van der Waals surface area contributed by atoms with Crippen molar-refractivity contribution < 1.29 is 14.3 Å². The molecule has 5 heteroatoms. The second-order valence-corrected chi connectivity index (χ2v) is 7.80. The Hall–Kier alpha value is -2.66. The third kappa shape index (κ3) is 4.09. The van der Waals surface area contributed by atoms with E-state index >= 15 is 0 Å². The van der Waals surface area contributed by atoms with Crippen molar-refractivity contribution in [2.45, 2.75) is 31.9 Å². The van der Waals surface area contributed by atoms with E-state index in [0.717, 1.165) is 43.6 Å². The quantitative estimate of drug-likeness (QED) is 0.813. The highest BCUT2D eigenvalue weighted by Crippen LogP contribution is 2.30. The first-order valence-corrected chi connectivity index (χ1v) is 9.95. The van der Waals surface area contributed by atoms with E-state index in [1.165, 1.54) is 0 Å². The number of nitrogens with zero attached hydrogens (tertiary/aromatic N) is 1. The number of aryl methyl sites for hydroxylation is 1. The van der Waals surface area contributed by atoms with Crippen molar-refractivity contribution in [3.63, 3.8) is 0 Å².